The van der Waals surface area contributed by atoms with Gasteiger partial charge in [-0.15, -0.1) is 0 Å². The molecule has 6 nitrogen and oxygen atoms in total. The number of hydrogen-bond donors (Lipinski definition) is 2. The predicted octanol–water partition coefficient (Wildman–Crippen LogP) is 3.70. The first-order valence-corrected chi connectivity index (χ1v) is 10.7. The molecule has 0 saturated heterocycles. The normalized spacial score (nSPS) is 27.7. The number of rotatable bonds is 4. The highest BCUT2D eigenvalue weighted by atomic mass is 16.3. The Labute approximate surface area is 186 Å². The molecule has 32 heavy (non-hydrogen) atoms. The van der Waals surface area contributed by atoms with E-state index in [1.807, 2.05) is 48.5 Å². The first kappa shape index (κ1) is 20.4. The molecular weight excluding hydrogens is 400 g/mol. The first-order valence-electron chi connectivity index (χ1n) is 10.7. The molecule has 160 valence electrons. The third kappa shape index (κ3) is 3.47. The molecular formula is C26H24N4O2. The quantitative estimate of drug-likeness (QED) is 0.519. The lowest BCUT2D eigenvalue weighted by atomic mass is 9.57. The molecule has 4 atom stereocenters. The summed E-state index contributed by atoms with van der Waals surface area (Å²) in [4.78, 5) is 16.6. The molecule has 0 aliphatic heterocycles. The van der Waals surface area contributed by atoms with Crippen molar-refractivity contribution in [3.05, 3.63) is 120 Å². The van der Waals surface area contributed by atoms with Crippen LogP contribution in [0.5, 0.6) is 0 Å². The third-order valence-corrected chi connectivity index (χ3v) is 6.76. The number of aliphatic hydroxyl groups is 2. The van der Waals surface area contributed by atoms with Gasteiger partial charge >= 0.3 is 0 Å². The van der Waals surface area contributed by atoms with E-state index < -0.39 is 11.2 Å². The Morgan fingerprint density at radius 2 is 0.781 bits per heavy atom. The Bertz CT molecular complexity index is 1070. The van der Waals surface area contributed by atoms with Crippen molar-refractivity contribution in [2.45, 2.75) is 35.9 Å². The van der Waals surface area contributed by atoms with Gasteiger partial charge in [-0.05, 0) is 83.6 Å². The van der Waals surface area contributed by atoms with Crippen LogP contribution in [-0.4, -0.2) is 30.1 Å². The summed E-state index contributed by atoms with van der Waals surface area (Å²) >= 11 is 0. The van der Waals surface area contributed by atoms with Crippen molar-refractivity contribution in [2.75, 3.05) is 0 Å². The average molecular weight is 425 g/mol. The average Bonchev–Trinajstić information content (AvgIpc) is 2.87. The van der Waals surface area contributed by atoms with E-state index in [9.17, 15) is 10.2 Å². The first-order chi connectivity index (χ1) is 15.6. The largest absolute Gasteiger partial charge is 0.384 e. The van der Waals surface area contributed by atoms with E-state index in [0.29, 0.717) is 12.8 Å². The zero-order valence-corrected chi connectivity index (χ0v) is 17.5. The topological polar surface area (TPSA) is 92.0 Å². The van der Waals surface area contributed by atoms with Gasteiger partial charge in [-0.1, -0.05) is 0 Å². The minimum Gasteiger partial charge on any atom is -0.384 e. The maximum atomic E-state index is 12.3. The Morgan fingerprint density at radius 3 is 1.09 bits per heavy atom. The highest BCUT2D eigenvalue weighted by molar-refractivity contribution is 5.39. The van der Waals surface area contributed by atoms with Crippen molar-refractivity contribution >= 4 is 0 Å². The molecule has 4 aromatic rings. The molecule has 5 rings (SSSR count). The van der Waals surface area contributed by atoms with Gasteiger partial charge in [0.25, 0.3) is 0 Å². The zero-order valence-electron chi connectivity index (χ0n) is 17.5. The number of hydrogen-bond acceptors (Lipinski definition) is 6. The maximum absolute atomic E-state index is 12.3. The third-order valence-electron chi connectivity index (χ3n) is 6.76. The summed E-state index contributed by atoms with van der Waals surface area (Å²) in [5.74, 6) is -0.715. The van der Waals surface area contributed by atoms with E-state index in [2.05, 4.69) is 19.9 Å². The number of nitrogens with zero attached hydrogens (tertiary/aromatic N) is 4. The summed E-state index contributed by atoms with van der Waals surface area (Å²) < 4.78 is 0. The van der Waals surface area contributed by atoms with Crippen LogP contribution in [0.4, 0.5) is 0 Å². The minimum absolute atomic E-state index is 0.326. The van der Waals surface area contributed by atoms with E-state index >= 15 is 0 Å². The van der Waals surface area contributed by atoms with E-state index in [0.717, 1.165) is 22.3 Å². The van der Waals surface area contributed by atoms with Gasteiger partial charge in [-0.2, -0.15) is 0 Å². The van der Waals surface area contributed by atoms with Crippen molar-refractivity contribution < 1.29 is 10.2 Å². The van der Waals surface area contributed by atoms with Gasteiger partial charge in [0.15, 0.2) is 0 Å². The SMILES string of the molecule is O[C@@]1(c2ccncc2)C[C@H](c2ccncc2)[C@@](O)(c2ccncc2)C[C@H]1c1ccncc1. The second-order valence-corrected chi connectivity index (χ2v) is 8.39. The fourth-order valence-corrected chi connectivity index (χ4v) is 5.14. The second-order valence-electron chi connectivity index (χ2n) is 8.39. The maximum Gasteiger partial charge on any atom is 0.0974 e. The van der Waals surface area contributed by atoms with Crippen LogP contribution >= 0.6 is 0 Å². The fraction of sp³-hybridized carbons (Fsp3) is 0.231. The van der Waals surface area contributed by atoms with Crippen molar-refractivity contribution in [2.24, 2.45) is 0 Å². The molecule has 0 bridgehead atoms. The van der Waals surface area contributed by atoms with Crippen molar-refractivity contribution in [1.29, 1.82) is 0 Å². The van der Waals surface area contributed by atoms with Crippen LogP contribution in [0.3, 0.4) is 0 Å². The van der Waals surface area contributed by atoms with E-state index in [4.69, 9.17) is 0 Å². The monoisotopic (exact) mass is 424 g/mol. The lowest BCUT2D eigenvalue weighted by Crippen LogP contribution is -2.50. The van der Waals surface area contributed by atoms with Gasteiger partial charge in [-0.25, -0.2) is 0 Å². The van der Waals surface area contributed by atoms with Crippen LogP contribution in [-0.2, 0) is 11.2 Å². The predicted molar refractivity (Wildman–Crippen MR) is 119 cm³/mol. The van der Waals surface area contributed by atoms with Gasteiger partial charge in [0.1, 0.15) is 0 Å². The molecule has 1 saturated carbocycles. The highest BCUT2D eigenvalue weighted by Gasteiger charge is 2.55. The molecule has 0 unspecified atom stereocenters. The Balaban J connectivity index is 1.71. The molecule has 2 N–H and O–H groups in total. The van der Waals surface area contributed by atoms with Gasteiger partial charge in [-0.3, -0.25) is 19.9 Å². The zero-order chi connectivity index (χ0) is 22.0. The van der Waals surface area contributed by atoms with E-state index in [1.165, 1.54) is 0 Å². The molecule has 1 aliphatic carbocycles. The lowest BCUT2D eigenvalue weighted by Gasteiger charge is -2.52. The summed E-state index contributed by atoms with van der Waals surface area (Å²) in [6.07, 6.45) is 14.3. The molecule has 0 radical (unpaired) electrons. The Morgan fingerprint density at radius 1 is 0.500 bits per heavy atom. The van der Waals surface area contributed by atoms with Crippen LogP contribution in [0.25, 0.3) is 0 Å². The Hall–Kier alpha value is -3.48. The molecule has 1 aliphatic rings. The number of pyridine rings is 4. The van der Waals surface area contributed by atoms with Crippen LogP contribution in [0.2, 0.25) is 0 Å². The van der Waals surface area contributed by atoms with Gasteiger partial charge in [0, 0.05) is 61.4 Å². The van der Waals surface area contributed by atoms with Crippen LogP contribution in [0.15, 0.2) is 98.1 Å². The van der Waals surface area contributed by atoms with Crippen molar-refractivity contribution in [3.63, 3.8) is 0 Å². The van der Waals surface area contributed by atoms with Gasteiger partial charge < -0.3 is 10.2 Å². The van der Waals surface area contributed by atoms with Gasteiger partial charge in [0.2, 0.25) is 0 Å². The molecule has 4 heterocycles. The van der Waals surface area contributed by atoms with E-state index in [1.54, 1.807) is 49.6 Å². The standard InChI is InChI=1S/C26H24N4O2/c31-25(21-5-13-29-14-6-21)18-24(20-3-11-28-12-4-20)26(32,22-7-15-30-16-8-22)17-23(25)19-1-9-27-10-2-19/h1-16,23-24,31-32H,17-18H2/t23-,24+,25+,26-. The smallest absolute Gasteiger partial charge is 0.0974 e. The summed E-state index contributed by atoms with van der Waals surface area (Å²) in [6, 6.07) is 15.1. The summed E-state index contributed by atoms with van der Waals surface area (Å²) in [5.41, 5.74) is 1.00. The molecule has 0 spiro atoms. The molecule has 4 aromatic heterocycles. The van der Waals surface area contributed by atoms with Crippen LogP contribution in [0.1, 0.15) is 46.9 Å². The molecule has 6 heteroatoms. The second kappa shape index (κ2) is 8.22. The van der Waals surface area contributed by atoms with Gasteiger partial charge in [0.05, 0.1) is 11.2 Å². The fourth-order valence-electron chi connectivity index (χ4n) is 5.14. The minimum atomic E-state index is -1.21. The molecule has 0 amide bonds. The summed E-state index contributed by atoms with van der Waals surface area (Å²) in [5, 5.41) is 24.6. The number of aromatic nitrogens is 4. The van der Waals surface area contributed by atoms with Crippen LogP contribution in [0, 0.1) is 0 Å². The summed E-state index contributed by atoms with van der Waals surface area (Å²) in [7, 11) is 0. The van der Waals surface area contributed by atoms with Crippen LogP contribution < -0.4 is 0 Å². The van der Waals surface area contributed by atoms with Crippen molar-refractivity contribution in [3.8, 4) is 0 Å². The molecule has 0 aromatic carbocycles. The Kier molecular flexibility index (Phi) is 5.25. The van der Waals surface area contributed by atoms with E-state index in [-0.39, 0.29) is 11.8 Å². The van der Waals surface area contributed by atoms with Crippen molar-refractivity contribution in [1.82, 2.24) is 19.9 Å². The highest BCUT2D eigenvalue weighted by Crippen LogP contribution is 2.58. The lowest BCUT2D eigenvalue weighted by molar-refractivity contribution is -0.120. The summed E-state index contributed by atoms with van der Waals surface area (Å²) in [6.45, 7) is 0. The molecule has 1 fully saturated rings.